The molecule has 1 saturated carbocycles. The van der Waals surface area contributed by atoms with Crippen LogP contribution in [0.15, 0.2) is 47.6 Å². The zero-order chi connectivity index (χ0) is 41.8. The number of aliphatic carboxylic acids is 1. The number of ketones is 2. The van der Waals surface area contributed by atoms with Gasteiger partial charge < -0.3 is 15.3 Å². The van der Waals surface area contributed by atoms with E-state index in [1.807, 2.05) is 45.9 Å². The topological polar surface area (TPSA) is 104 Å². The Bertz CT molecular complexity index is 1700. The first-order valence-corrected chi connectivity index (χ1v) is 19.4. The van der Waals surface area contributed by atoms with Crippen LogP contribution in [0, 0.1) is 50.4 Å². The molecule has 56 heavy (non-hydrogen) atoms. The average Bonchev–Trinajstić information content (AvgIpc) is 3.05. The first-order valence-electron chi connectivity index (χ1n) is 19.4. The Balaban J connectivity index is 0.000000443. The van der Waals surface area contributed by atoms with Crippen LogP contribution in [0.5, 0.6) is 0 Å². The second kappa shape index (κ2) is 23.0. The number of hydrogen-bond acceptors (Lipinski definition) is 5. The number of benzene rings is 2. The maximum atomic E-state index is 14.4. The zero-order valence-corrected chi connectivity index (χ0v) is 36.4. The van der Waals surface area contributed by atoms with Crippen molar-refractivity contribution in [3.05, 3.63) is 81.7 Å². The number of alkyl halides is 2. The largest absolute Gasteiger partial charge is 0.481 e. The number of carboxylic acid groups (broad SMARTS) is 1. The summed E-state index contributed by atoms with van der Waals surface area (Å²) in [4.78, 5) is 48.9. The van der Waals surface area contributed by atoms with Crippen molar-refractivity contribution in [2.24, 2.45) is 17.8 Å². The van der Waals surface area contributed by atoms with Gasteiger partial charge in [-0.1, -0.05) is 59.8 Å². The molecule has 2 bridgehead atoms. The Morgan fingerprint density at radius 1 is 0.964 bits per heavy atom. The molecule has 2 aromatic rings. The number of halogens is 3. The molecule has 2 aromatic carbocycles. The zero-order valence-electron chi connectivity index (χ0n) is 35.1. The standard InChI is InChI=1S/C19H20FO2.C17H25F2NO3.C9H17N.Cr/c1-11-6-5-7-12(2)18(11)15-8-14(4)19(20)16(10-15)13(3)9-17(21)22;1-10(2)9-15(13(5)22)20-16(23)14(12(4)21)8-7-11(3)17(6,18)19;1-2-3-10-6-8-4-9(5-8)7-10;/h6-8,10,13H,9H2,1-4H3,(H,21,22);7-8,10,15H,9H2,1-6H3,(H,20,23);8-9H,2-7H2,1H3;/q-1;;;/b;11-7+,14-8+;;/t13-;15-;;/m00../s1. The normalized spacial score (nSPS) is 17.8. The van der Waals surface area contributed by atoms with Crippen molar-refractivity contribution >= 4 is 23.4 Å². The predicted molar refractivity (Wildman–Crippen MR) is 214 cm³/mol. The van der Waals surface area contributed by atoms with Crippen LogP contribution >= 0.6 is 0 Å². The van der Waals surface area contributed by atoms with E-state index in [1.54, 1.807) is 32.8 Å². The Labute approximate surface area is 343 Å². The summed E-state index contributed by atoms with van der Waals surface area (Å²) < 4.78 is 40.6. The Hall–Kier alpha value is -3.52. The maximum Gasteiger partial charge on any atom is 0.303 e. The molecule has 0 spiro atoms. The van der Waals surface area contributed by atoms with Gasteiger partial charge in [-0.3, -0.25) is 19.2 Å². The molecule has 7 nitrogen and oxygen atoms in total. The first-order chi connectivity index (χ1) is 25.5. The molecular formula is C45H62CrF3N2O5-. The number of carboxylic acids is 1. The van der Waals surface area contributed by atoms with Crippen molar-refractivity contribution < 1.29 is 54.8 Å². The van der Waals surface area contributed by atoms with Gasteiger partial charge in [-0.15, -0.1) is 5.56 Å². The van der Waals surface area contributed by atoms with Gasteiger partial charge in [-0.2, -0.15) is 29.3 Å². The third kappa shape index (κ3) is 15.8. The summed E-state index contributed by atoms with van der Waals surface area (Å²) in [6.07, 6.45) is 6.88. The summed E-state index contributed by atoms with van der Waals surface area (Å²) in [5.74, 6) is -3.79. The molecule has 5 rings (SSSR count). The van der Waals surface area contributed by atoms with Crippen molar-refractivity contribution in [2.45, 2.75) is 126 Å². The number of carbonyl (C=O) groups is 4. The van der Waals surface area contributed by atoms with Crippen LogP contribution in [0.25, 0.3) is 11.1 Å². The number of fused-ring (bicyclic) bond motifs is 2. The van der Waals surface area contributed by atoms with Gasteiger partial charge in [-0.25, -0.2) is 13.2 Å². The van der Waals surface area contributed by atoms with Gasteiger partial charge in [-0.05, 0) is 112 Å². The Morgan fingerprint density at radius 3 is 1.96 bits per heavy atom. The van der Waals surface area contributed by atoms with E-state index in [0.717, 1.165) is 53.2 Å². The molecule has 1 amide bonds. The average molecular weight is 820 g/mol. The first kappa shape index (κ1) is 50.5. The van der Waals surface area contributed by atoms with Crippen LogP contribution in [0.4, 0.5) is 13.2 Å². The van der Waals surface area contributed by atoms with Crippen LogP contribution in [0.2, 0.25) is 0 Å². The van der Waals surface area contributed by atoms with E-state index in [2.05, 4.69) is 23.2 Å². The smallest absolute Gasteiger partial charge is 0.303 e. The van der Waals surface area contributed by atoms with E-state index < -0.39 is 29.6 Å². The van der Waals surface area contributed by atoms with Gasteiger partial charge in [0.15, 0.2) is 11.6 Å². The van der Waals surface area contributed by atoms with Gasteiger partial charge in [0.25, 0.3) is 11.8 Å². The second-order valence-corrected chi connectivity index (χ2v) is 16.0. The number of carbonyl (C=O) groups excluding carboxylic acids is 3. The van der Waals surface area contributed by atoms with Crippen molar-refractivity contribution in [3.63, 3.8) is 0 Å². The van der Waals surface area contributed by atoms with Crippen LogP contribution in [0.1, 0.15) is 116 Å². The molecule has 0 radical (unpaired) electrons. The number of rotatable bonds is 14. The summed E-state index contributed by atoms with van der Waals surface area (Å²) in [6.45, 7) is 22.2. The summed E-state index contributed by atoms with van der Waals surface area (Å²) in [5.41, 5.74) is 4.60. The summed E-state index contributed by atoms with van der Waals surface area (Å²) in [5, 5.41) is 11.5. The summed E-state index contributed by atoms with van der Waals surface area (Å²) in [7, 11) is 0. The molecule has 2 heterocycles. The minimum absolute atomic E-state index is 0. The third-order valence-corrected chi connectivity index (χ3v) is 10.2. The fourth-order valence-electron chi connectivity index (χ4n) is 7.09. The molecule has 310 valence electrons. The fourth-order valence-corrected chi connectivity index (χ4v) is 7.09. The minimum Gasteiger partial charge on any atom is -0.481 e. The molecule has 3 fully saturated rings. The number of Topliss-reactive ketones (excluding diaryl/α,β-unsaturated/α-hetero) is 2. The molecule has 11 heteroatoms. The van der Waals surface area contributed by atoms with E-state index >= 15 is 0 Å². The minimum atomic E-state index is -3.03. The Kier molecular flexibility index (Phi) is 20.8. The van der Waals surface area contributed by atoms with Crippen molar-refractivity contribution in [3.8, 4) is 11.1 Å². The molecular weight excluding hydrogens is 757 g/mol. The van der Waals surface area contributed by atoms with Gasteiger partial charge >= 0.3 is 5.97 Å². The second-order valence-electron chi connectivity index (χ2n) is 16.0. The van der Waals surface area contributed by atoms with Crippen molar-refractivity contribution in [1.29, 1.82) is 0 Å². The van der Waals surface area contributed by atoms with E-state index in [-0.39, 0.29) is 58.4 Å². The van der Waals surface area contributed by atoms with Crippen LogP contribution in [0.3, 0.4) is 0 Å². The number of nitrogens with one attached hydrogen (secondary N) is 1. The molecule has 2 atom stereocenters. The number of allylic oxidation sites excluding steroid dienone is 3. The SMILES string of the molecule is CC(=O)/C(=C\C=C(/C)C(C)(F)F)C(=O)N[C@@H](CC(C)C)C(C)=O.CCCN1CC2CC(C2)C1.Cc1cc(-c2c(C)c[c-]cc2C)cc([C@@H](C)CC(=O)O)c1F.[Cr]. The molecule has 2 N–H and O–H groups in total. The molecule has 0 unspecified atom stereocenters. The molecule has 0 aromatic heterocycles. The number of hydrogen-bond donors (Lipinski definition) is 2. The number of piperidine rings is 2. The number of amides is 1. The van der Waals surface area contributed by atoms with Crippen molar-refractivity contribution in [2.75, 3.05) is 19.6 Å². The maximum absolute atomic E-state index is 14.4. The monoisotopic (exact) mass is 819 g/mol. The molecule has 1 aliphatic carbocycles. The number of nitrogens with zero attached hydrogens (tertiary/aromatic N) is 1. The van der Waals surface area contributed by atoms with Crippen LogP contribution < -0.4 is 5.32 Å². The van der Waals surface area contributed by atoms with Crippen molar-refractivity contribution in [1.82, 2.24) is 10.2 Å². The van der Waals surface area contributed by atoms with Gasteiger partial charge in [0.2, 0.25) is 0 Å². The molecule has 2 saturated heterocycles. The summed E-state index contributed by atoms with van der Waals surface area (Å²) >= 11 is 0. The van der Waals surface area contributed by atoms with E-state index in [0.29, 0.717) is 17.5 Å². The van der Waals surface area contributed by atoms with Gasteiger partial charge in [0, 0.05) is 37.4 Å². The van der Waals surface area contributed by atoms with E-state index in [1.165, 1.54) is 46.8 Å². The van der Waals surface area contributed by atoms with Crippen LogP contribution in [-0.2, 0) is 36.5 Å². The number of aryl methyl sites for hydroxylation is 3. The predicted octanol–water partition coefficient (Wildman–Crippen LogP) is 9.76. The van der Waals surface area contributed by atoms with E-state index in [9.17, 15) is 32.3 Å². The van der Waals surface area contributed by atoms with Gasteiger partial charge in [0.1, 0.15) is 5.82 Å². The summed E-state index contributed by atoms with van der Waals surface area (Å²) in [6, 6.07) is 9.78. The third-order valence-electron chi connectivity index (χ3n) is 10.2. The van der Waals surface area contributed by atoms with Crippen LogP contribution in [-0.4, -0.2) is 65.0 Å². The fraction of sp³-hybridized carbons (Fsp3) is 0.556. The quantitative estimate of drug-likeness (QED) is 0.0647. The molecule has 3 aliphatic rings. The Morgan fingerprint density at radius 2 is 1.52 bits per heavy atom. The van der Waals surface area contributed by atoms with E-state index in [4.69, 9.17) is 5.11 Å². The molecule has 2 aliphatic heterocycles. The van der Waals surface area contributed by atoms with Gasteiger partial charge in [0.05, 0.1) is 18.0 Å².